The molecule has 0 radical (unpaired) electrons. The number of amides is 3. The van der Waals surface area contributed by atoms with E-state index in [4.69, 9.17) is 20.9 Å². The molecule has 4 aromatic rings. The van der Waals surface area contributed by atoms with E-state index in [1.165, 1.54) is 15.8 Å². The minimum Gasteiger partial charge on any atom is -0.448 e. The van der Waals surface area contributed by atoms with Gasteiger partial charge in [-0.05, 0) is 16.7 Å². The third kappa shape index (κ3) is 7.90. The summed E-state index contributed by atoms with van der Waals surface area (Å²) in [5.74, 6) is -1.54. The number of rotatable bonds is 13. The summed E-state index contributed by atoms with van der Waals surface area (Å²) in [4.78, 5) is 54.0. The summed E-state index contributed by atoms with van der Waals surface area (Å²) in [6, 6.07) is 29.4. The molecule has 1 aromatic heterocycles. The Bertz CT molecular complexity index is 1720. The fourth-order valence-corrected chi connectivity index (χ4v) is 6.86. The van der Waals surface area contributed by atoms with E-state index in [0.717, 1.165) is 16.7 Å². The lowest BCUT2D eigenvalue weighted by atomic mass is 9.62. The molecule has 3 aromatic carbocycles. The largest absolute Gasteiger partial charge is 0.448 e. The molecule has 0 fully saturated rings. The van der Waals surface area contributed by atoms with E-state index in [-0.39, 0.29) is 31.1 Å². The second kappa shape index (κ2) is 15.1. The van der Waals surface area contributed by atoms with Crippen LogP contribution >= 0.6 is 0 Å². The molecule has 12 heteroatoms. The summed E-state index contributed by atoms with van der Waals surface area (Å²) in [6.07, 6.45) is -0.741. The maximum absolute atomic E-state index is 14.5. The summed E-state index contributed by atoms with van der Waals surface area (Å²) < 4.78 is 12.4. The van der Waals surface area contributed by atoms with Gasteiger partial charge in [0.2, 0.25) is 0 Å². The van der Waals surface area contributed by atoms with Gasteiger partial charge in [-0.1, -0.05) is 133 Å². The van der Waals surface area contributed by atoms with Crippen LogP contribution in [0.4, 0.5) is 15.4 Å². The van der Waals surface area contributed by atoms with Gasteiger partial charge in [0.25, 0.3) is 11.7 Å². The number of carbonyl (C=O) groups is 4. The summed E-state index contributed by atoms with van der Waals surface area (Å²) in [6.45, 7) is 10.3. The van der Waals surface area contributed by atoms with Gasteiger partial charge in [0.15, 0.2) is 0 Å². The Morgan fingerprint density at radius 3 is 1.59 bits per heavy atom. The van der Waals surface area contributed by atoms with Gasteiger partial charge >= 0.3 is 12.2 Å². The molecular weight excluding hydrogens is 648 g/mol. The molecule has 1 heterocycles. The number of ether oxygens (including phenoxy) is 2. The quantitative estimate of drug-likeness (QED) is 0.0887. The minimum atomic E-state index is -1.40. The van der Waals surface area contributed by atoms with Crippen molar-refractivity contribution in [3.8, 4) is 0 Å². The predicted molar refractivity (Wildman–Crippen MR) is 195 cm³/mol. The van der Waals surface area contributed by atoms with Crippen LogP contribution in [0.1, 0.15) is 68.6 Å². The lowest BCUT2D eigenvalue weighted by Crippen LogP contribution is -2.64. The fourth-order valence-electron chi connectivity index (χ4n) is 6.86. The standard InChI is InChI=1S/C39H48N6O6/c1-36(2,3)38(37(4,5)6,51-35(41)49)26-45(23-24-50-34(40)48)33(47)31(46)30-25-42-44(7)32(30)43-39(27-17-11-8-12-18-27,28-19-13-9-14-20-28)29-21-15-10-16-22-29/h8-22,25,43H,23-24,26H2,1-7H3,(H2,40,48)(H2,41,49). The van der Waals surface area contributed by atoms with Crippen LogP contribution in [0.3, 0.4) is 0 Å². The molecule has 270 valence electrons. The van der Waals surface area contributed by atoms with Crippen molar-refractivity contribution < 1.29 is 28.7 Å². The Morgan fingerprint density at radius 2 is 1.20 bits per heavy atom. The third-order valence-corrected chi connectivity index (χ3v) is 9.31. The van der Waals surface area contributed by atoms with Crippen LogP contribution in [0.15, 0.2) is 97.2 Å². The number of nitrogens with one attached hydrogen (secondary N) is 1. The van der Waals surface area contributed by atoms with Crippen molar-refractivity contribution in [1.82, 2.24) is 14.7 Å². The average Bonchev–Trinajstić information content (AvgIpc) is 3.44. The van der Waals surface area contributed by atoms with E-state index >= 15 is 0 Å². The van der Waals surface area contributed by atoms with E-state index in [2.05, 4.69) is 10.4 Å². The number of ketones is 1. The van der Waals surface area contributed by atoms with Gasteiger partial charge in [-0.3, -0.25) is 14.3 Å². The Kier molecular flexibility index (Phi) is 11.3. The van der Waals surface area contributed by atoms with Gasteiger partial charge in [-0.15, -0.1) is 0 Å². The van der Waals surface area contributed by atoms with Gasteiger partial charge in [-0.2, -0.15) is 5.10 Å². The maximum atomic E-state index is 14.5. The van der Waals surface area contributed by atoms with Gasteiger partial charge < -0.3 is 31.2 Å². The highest BCUT2D eigenvalue weighted by Crippen LogP contribution is 2.48. The Balaban J connectivity index is 1.87. The summed E-state index contributed by atoms with van der Waals surface area (Å²) >= 11 is 0. The summed E-state index contributed by atoms with van der Waals surface area (Å²) in [5, 5.41) is 8.06. The van der Waals surface area contributed by atoms with Gasteiger partial charge in [0.1, 0.15) is 23.6 Å². The number of nitrogens with two attached hydrogens (primary N) is 2. The first-order valence-electron chi connectivity index (χ1n) is 16.7. The van der Waals surface area contributed by atoms with Crippen LogP contribution in [0, 0.1) is 10.8 Å². The molecule has 0 saturated carbocycles. The highest BCUT2D eigenvalue weighted by atomic mass is 16.6. The second-order valence-electron chi connectivity index (χ2n) is 14.5. The predicted octanol–water partition coefficient (Wildman–Crippen LogP) is 5.86. The lowest BCUT2D eigenvalue weighted by Gasteiger charge is -2.53. The summed E-state index contributed by atoms with van der Waals surface area (Å²) in [7, 11) is 1.68. The van der Waals surface area contributed by atoms with Crippen molar-refractivity contribution in [1.29, 1.82) is 0 Å². The Hall–Kier alpha value is -5.65. The number of aromatic nitrogens is 2. The first-order valence-corrected chi connectivity index (χ1v) is 16.7. The molecule has 5 N–H and O–H groups in total. The minimum absolute atomic E-state index is 0.00317. The highest BCUT2D eigenvalue weighted by Gasteiger charge is 2.56. The molecule has 0 spiro atoms. The number of primary amides is 2. The molecular formula is C39H48N6O6. The SMILES string of the molecule is Cn1ncc(C(=O)C(=O)N(CCOC(N)=O)CC(OC(N)=O)(C(C)(C)C)C(C)(C)C)c1NC(c1ccccc1)(c1ccccc1)c1ccccc1. The van der Waals surface area contributed by atoms with Crippen molar-refractivity contribution in [3.63, 3.8) is 0 Å². The zero-order valence-corrected chi connectivity index (χ0v) is 30.3. The van der Waals surface area contributed by atoms with Crippen LogP contribution in [0.5, 0.6) is 0 Å². The van der Waals surface area contributed by atoms with Crippen molar-refractivity contribution >= 4 is 29.7 Å². The van der Waals surface area contributed by atoms with Gasteiger partial charge in [0.05, 0.1) is 24.8 Å². The Labute approximate surface area is 299 Å². The number of benzene rings is 3. The molecule has 0 aliphatic rings. The average molecular weight is 697 g/mol. The molecule has 12 nitrogen and oxygen atoms in total. The number of hydrogen-bond acceptors (Lipinski definition) is 8. The van der Waals surface area contributed by atoms with Gasteiger partial charge in [-0.25, -0.2) is 9.59 Å². The molecule has 0 unspecified atom stereocenters. The number of aryl methyl sites for hydroxylation is 1. The van der Waals surface area contributed by atoms with Crippen LogP contribution in [0.25, 0.3) is 0 Å². The Morgan fingerprint density at radius 1 is 0.745 bits per heavy atom. The highest BCUT2D eigenvalue weighted by molar-refractivity contribution is 6.43. The van der Waals surface area contributed by atoms with Crippen LogP contribution in [-0.2, 0) is 26.9 Å². The zero-order chi connectivity index (χ0) is 37.6. The molecule has 3 amide bonds. The molecule has 0 aliphatic heterocycles. The number of hydrogen-bond donors (Lipinski definition) is 3. The van der Waals surface area contributed by atoms with Crippen LogP contribution in [-0.4, -0.2) is 63.9 Å². The van der Waals surface area contributed by atoms with Crippen LogP contribution in [0.2, 0.25) is 0 Å². The maximum Gasteiger partial charge on any atom is 0.405 e. The first-order chi connectivity index (χ1) is 23.9. The lowest BCUT2D eigenvalue weighted by molar-refractivity contribution is -0.160. The molecule has 0 aliphatic carbocycles. The monoisotopic (exact) mass is 696 g/mol. The molecule has 4 rings (SSSR count). The van der Waals surface area contributed by atoms with Crippen molar-refractivity contribution in [2.24, 2.45) is 29.3 Å². The number of carbonyl (C=O) groups excluding carboxylic acids is 4. The number of nitrogens with zero attached hydrogens (tertiary/aromatic N) is 3. The van der Waals surface area contributed by atoms with Crippen molar-refractivity contribution in [3.05, 3.63) is 119 Å². The second-order valence-corrected chi connectivity index (χ2v) is 14.5. The third-order valence-electron chi connectivity index (χ3n) is 9.31. The van der Waals surface area contributed by atoms with Crippen molar-refractivity contribution in [2.45, 2.75) is 52.7 Å². The topological polar surface area (TPSA) is 172 Å². The number of Topliss-reactive ketones (excluding diaryl/α,β-unsaturated/α-hetero) is 1. The fraction of sp³-hybridized carbons (Fsp3) is 0.359. The molecule has 0 bridgehead atoms. The van der Waals surface area contributed by atoms with E-state index in [1.54, 1.807) is 7.05 Å². The van der Waals surface area contributed by atoms with Crippen LogP contribution < -0.4 is 16.8 Å². The normalized spacial score (nSPS) is 12.1. The van der Waals surface area contributed by atoms with E-state index in [0.29, 0.717) is 0 Å². The first kappa shape index (κ1) is 38.2. The van der Waals surface area contributed by atoms with Crippen molar-refractivity contribution in [2.75, 3.05) is 25.0 Å². The van der Waals surface area contributed by atoms with E-state index in [9.17, 15) is 19.2 Å². The smallest absolute Gasteiger partial charge is 0.405 e. The molecule has 0 atom stereocenters. The van der Waals surface area contributed by atoms with E-state index < -0.39 is 45.8 Å². The molecule has 0 saturated heterocycles. The van der Waals surface area contributed by atoms with E-state index in [1.807, 2.05) is 133 Å². The molecule has 51 heavy (non-hydrogen) atoms. The number of anilines is 1. The summed E-state index contributed by atoms with van der Waals surface area (Å²) in [5.41, 5.74) is 9.47. The van der Waals surface area contributed by atoms with Gasteiger partial charge in [0, 0.05) is 17.9 Å². The zero-order valence-electron chi connectivity index (χ0n) is 30.3.